The molecule has 0 aromatic carbocycles. The summed E-state index contributed by atoms with van der Waals surface area (Å²) in [6, 6.07) is 0.472. The first-order valence-electron chi connectivity index (χ1n) is 6.34. The fourth-order valence-electron chi connectivity index (χ4n) is 3.19. The molecule has 92 valence electrons. The van der Waals surface area contributed by atoms with Crippen LogP contribution in [-0.2, 0) is 4.79 Å². The number of carboxylic acids is 1. The lowest BCUT2D eigenvalue weighted by Gasteiger charge is -2.41. The first kappa shape index (κ1) is 11.9. The average Bonchev–Trinajstić information content (AvgIpc) is 2.82. The molecular weight excluding hydrogens is 204 g/mol. The van der Waals surface area contributed by atoms with E-state index in [0.717, 1.165) is 38.8 Å². The molecule has 0 aromatic heterocycles. The van der Waals surface area contributed by atoms with Gasteiger partial charge in [-0.25, -0.2) is 0 Å². The van der Waals surface area contributed by atoms with Crippen molar-refractivity contribution in [1.82, 2.24) is 10.2 Å². The van der Waals surface area contributed by atoms with Gasteiger partial charge in [-0.1, -0.05) is 0 Å². The molecule has 2 atom stereocenters. The van der Waals surface area contributed by atoms with Gasteiger partial charge in [0.2, 0.25) is 0 Å². The van der Waals surface area contributed by atoms with E-state index in [1.165, 1.54) is 12.8 Å². The molecule has 16 heavy (non-hydrogen) atoms. The molecule has 0 radical (unpaired) electrons. The summed E-state index contributed by atoms with van der Waals surface area (Å²) < 4.78 is 0. The molecule has 0 amide bonds. The predicted octanol–water partition coefficient (Wildman–Crippen LogP) is 1.07. The predicted molar refractivity (Wildman–Crippen MR) is 62.5 cm³/mol. The molecule has 2 rings (SSSR count). The van der Waals surface area contributed by atoms with Gasteiger partial charge in [0, 0.05) is 6.04 Å². The monoisotopic (exact) mass is 226 g/mol. The van der Waals surface area contributed by atoms with Crippen LogP contribution in [0.5, 0.6) is 0 Å². The maximum absolute atomic E-state index is 11.4. The Morgan fingerprint density at radius 1 is 1.38 bits per heavy atom. The Balaban J connectivity index is 2.04. The topological polar surface area (TPSA) is 52.6 Å². The SMILES string of the molecule is CNC1(C(=O)O)CCCC(N2CCCC2)C1. The molecule has 4 nitrogen and oxygen atoms in total. The van der Waals surface area contributed by atoms with Crippen LogP contribution in [0.1, 0.15) is 38.5 Å². The Bertz CT molecular complexity index is 264. The van der Waals surface area contributed by atoms with E-state index in [0.29, 0.717) is 6.04 Å². The lowest BCUT2D eigenvalue weighted by molar-refractivity contribution is -0.147. The normalized spacial score (nSPS) is 36.4. The van der Waals surface area contributed by atoms with Gasteiger partial charge < -0.3 is 15.3 Å². The number of nitrogens with one attached hydrogen (secondary N) is 1. The van der Waals surface area contributed by atoms with Crippen molar-refractivity contribution < 1.29 is 9.90 Å². The van der Waals surface area contributed by atoms with Crippen LogP contribution in [0.3, 0.4) is 0 Å². The van der Waals surface area contributed by atoms with Crippen molar-refractivity contribution in [2.24, 2.45) is 0 Å². The summed E-state index contributed by atoms with van der Waals surface area (Å²) in [5.74, 6) is -0.682. The van der Waals surface area contributed by atoms with E-state index < -0.39 is 11.5 Å². The maximum Gasteiger partial charge on any atom is 0.323 e. The van der Waals surface area contributed by atoms with Gasteiger partial charge in [-0.2, -0.15) is 0 Å². The zero-order chi connectivity index (χ0) is 11.6. The third-order valence-electron chi connectivity index (χ3n) is 4.27. The van der Waals surface area contributed by atoms with Crippen LogP contribution in [0.15, 0.2) is 0 Å². The summed E-state index contributed by atoms with van der Waals surface area (Å²) in [6.45, 7) is 2.31. The molecule has 2 fully saturated rings. The highest BCUT2D eigenvalue weighted by Gasteiger charge is 2.43. The fourth-order valence-corrected chi connectivity index (χ4v) is 3.19. The summed E-state index contributed by atoms with van der Waals surface area (Å²) in [5.41, 5.74) is -0.675. The van der Waals surface area contributed by atoms with Crippen molar-refractivity contribution in [3.8, 4) is 0 Å². The van der Waals surface area contributed by atoms with Crippen LogP contribution in [0.25, 0.3) is 0 Å². The lowest BCUT2D eigenvalue weighted by atomic mass is 9.78. The van der Waals surface area contributed by atoms with Gasteiger partial charge in [-0.3, -0.25) is 4.79 Å². The summed E-state index contributed by atoms with van der Waals surface area (Å²) in [5, 5.41) is 12.4. The number of likely N-dealkylation sites (N-methyl/N-ethyl adjacent to an activating group) is 1. The molecule has 1 aliphatic heterocycles. The van der Waals surface area contributed by atoms with Gasteiger partial charge >= 0.3 is 5.97 Å². The Hall–Kier alpha value is -0.610. The minimum atomic E-state index is -0.682. The summed E-state index contributed by atoms with van der Waals surface area (Å²) >= 11 is 0. The quantitative estimate of drug-likeness (QED) is 0.756. The van der Waals surface area contributed by atoms with E-state index in [9.17, 15) is 9.90 Å². The van der Waals surface area contributed by atoms with Crippen LogP contribution >= 0.6 is 0 Å². The summed E-state index contributed by atoms with van der Waals surface area (Å²) in [6.07, 6.45) is 6.26. The lowest BCUT2D eigenvalue weighted by Crippen LogP contribution is -2.56. The zero-order valence-corrected chi connectivity index (χ0v) is 10.0. The van der Waals surface area contributed by atoms with Crippen LogP contribution in [0, 0.1) is 0 Å². The fraction of sp³-hybridized carbons (Fsp3) is 0.917. The minimum absolute atomic E-state index is 0.472. The average molecular weight is 226 g/mol. The molecule has 4 heteroatoms. The number of carboxylic acid groups (broad SMARTS) is 1. The number of hydrogen-bond donors (Lipinski definition) is 2. The summed E-state index contributed by atoms with van der Waals surface area (Å²) in [7, 11) is 1.78. The van der Waals surface area contributed by atoms with Crippen molar-refractivity contribution >= 4 is 5.97 Å². The smallest absolute Gasteiger partial charge is 0.323 e. The van der Waals surface area contributed by atoms with Crippen molar-refractivity contribution in [3.05, 3.63) is 0 Å². The second-order valence-electron chi connectivity index (χ2n) is 5.13. The molecule has 2 N–H and O–H groups in total. The Labute approximate surface area is 97.0 Å². The molecule has 0 aromatic rings. The van der Waals surface area contributed by atoms with Crippen molar-refractivity contribution in [2.75, 3.05) is 20.1 Å². The van der Waals surface area contributed by atoms with Crippen molar-refractivity contribution in [3.63, 3.8) is 0 Å². The number of likely N-dealkylation sites (tertiary alicyclic amines) is 1. The van der Waals surface area contributed by atoms with Gasteiger partial charge in [0.1, 0.15) is 5.54 Å². The Morgan fingerprint density at radius 3 is 2.62 bits per heavy atom. The molecule has 1 heterocycles. The number of aliphatic carboxylic acids is 1. The summed E-state index contributed by atoms with van der Waals surface area (Å²) in [4.78, 5) is 13.9. The van der Waals surface area contributed by atoms with Crippen LogP contribution in [-0.4, -0.2) is 47.7 Å². The van der Waals surface area contributed by atoms with E-state index in [4.69, 9.17) is 0 Å². The molecule has 2 unspecified atom stereocenters. The standard InChI is InChI=1S/C12H22N2O2/c1-13-12(11(15)16)6-4-5-10(9-12)14-7-2-3-8-14/h10,13H,2-9H2,1H3,(H,15,16). The van der Waals surface area contributed by atoms with Gasteiger partial charge in [0.25, 0.3) is 0 Å². The van der Waals surface area contributed by atoms with E-state index in [1.54, 1.807) is 7.05 Å². The van der Waals surface area contributed by atoms with E-state index in [-0.39, 0.29) is 0 Å². The third kappa shape index (κ3) is 2.09. The highest BCUT2D eigenvalue weighted by molar-refractivity contribution is 5.79. The highest BCUT2D eigenvalue weighted by Crippen LogP contribution is 2.32. The van der Waals surface area contributed by atoms with E-state index in [1.807, 2.05) is 0 Å². The van der Waals surface area contributed by atoms with Crippen LogP contribution < -0.4 is 5.32 Å². The molecular formula is C12H22N2O2. The van der Waals surface area contributed by atoms with Gasteiger partial charge in [0.05, 0.1) is 0 Å². The van der Waals surface area contributed by atoms with E-state index in [2.05, 4.69) is 10.2 Å². The largest absolute Gasteiger partial charge is 0.480 e. The van der Waals surface area contributed by atoms with Crippen LogP contribution in [0.2, 0.25) is 0 Å². The van der Waals surface area contributed by atoms with Gasteiger partial charge in [-0.05, 0) is 58.7 Å². The number of hydrogen-bond acceptors (Lipinski definition) is 3. The molecule has 1 saturated carbocycles. The van der Waals surface area contributed by atoms with Crippen molar-refractivity contribution in [2.45, 2.75) is 50.1 Å². The maximum atomic E-state index is 11.4. The number of rotatable bonds is 3. The molecule has 0 bridgehead atoms. The van der Waals surface area contributed by atoms with Gasteiger partial charge in [0.15, 0.2) is 0 Å². The van der Waals surface area contributed by atoms with Gasteiger partial charge in [-0.15, -0.1) is 0 Å². The number of nitrogens with zero attached hydrogens (tertiary/aromatic N) is 1. The second-order valence-corrected chi connectivity index (χ2v) is 5.13. The molecule has 1 saturated heterocycles. The van der Waals surface area contributed by atoms with Crippen LogP contribution in [0.4, 0.5) is 0 Å². The minimum Gasteiger partial charge on any atom is -0.480 e. The zero-order valence-electron chi connectivity index (χ0n) is 10.0. The molecule has 2 aliphatic rings. The first-order chi connectivity index (χ1) is 7.68. The van der Waals surface area contributed by atoms with E-state index >= 15 is 0 Å². The highest BCUT2D eigenvalue weighted by atomic mass is 16.4. The first-order valence-corrected chi connectivity index (χ1v) is 6.34. The Kier molecular flexibility index (Phi) is 3.50. The number of carbonyl (C=O) groups is 1. The second kappa shape index (κ2) is 4.72. The third-order valence-corrected chi connectivity index (χ3v) is 4.27. The van der Waals surface area contributed by atoms with Crippen molar-refractivity contribution in [1.29, 1.82) is 0 Å². The molecule has 1 aliphatic carbocycles. The molecule has 0 spiro atoms. The Morgan fingerprint density at radius 2 is 2.06 bits per heavy atom.